The Bertz CT molecular complexity index is 946. The van der Waals surface area contributed by atoms with Gasteiger partial charge in [-0.15, -0.1) is 0 Å². The second-order valence-electron chi connectivity index (χ2n) is 6.51. The minimum atomic E-state index is -0.460. The Kier molecular flexibility index (Phi) is 5.41. The van der Waals surface area contributed by atoms with E-state index in [1.165, 1.54) is 0 Å². The summed E-state index contributed by atoms with van der Waals surface area (Å²) in [6.07, 6.45) is 0. The Balaban J connectivity index is 1.79. The van der Waals surface area contributed by atoms with Gasteiger partial charge in [-0.1, -0.05) is 48.5 Å². The number of hydrogen-bond acceptors (Lipinski definition) is 3. The summed E-state index contributed by atoms with van der Waals surface area (Å²) in [5.41, 5.74) is 9.35. The van der Waals surface area contributed by atoms with Crippen molar-refractivity contribution in [2.24, 2.45) is 0 Å². The number of ketones is 1. The van der Waals surface area contributed by atoms with Crippen molar-refractivity contribution in [3.05, 3.63) is 89.2 Å². The van der Waals surface area contributed by atoms with Crippen LogP contribution in [0.25, 0.3) is 0 Å². The number of benzene rings is 2. The molecule has 1 amide bonds. The molecule has 0 fully saturated rings. The van der Waals surface area contributed by atoms with Crippen molar-refractivity contribution in [1.29, 1.82) is 0 Å². The van der Waals surface area contributed by atoms with Crippen molar-refractivity contribution in [3.63, 3.8) is 0 Å². The minimum Gasteiger partial charge on any atom is -0.336 e. The maximum Gasteiger partial charge on any atom is 0.261 e. The average molecular weight is 361 g/mol. The van der Waals surface area contributed by atoms with Gasteiger partial charge in [-0.2, -0.15) is 0 Å². The molecule has 138 valence electrons. The maximum absolute atomic E-state index is 12.8. The molecule has 1 heterocycles. The van der Waals surface area contributed by atoms with E-state index in [1.807, 2.05) is 79.9 Å². The normalized spacial score (nSPS) is 11.7. The number of rotatable bonds is 6. The number of nitrogens with one attached hydrogen (secondary N) is 2. The van der Waals surface area contributed by atoms with Crippen molar-refractivity contribution in [1.82, 2.24) is 9.99 Å². The van der Waals surface area contributed by atoms with Crippen molar-refractivity contribution < 1.29 is 9.59 Å². The zero-order valence-electron chi connectivity index (χ0n) is 15.7. The SMILES string of the molecule is Cc1cc(C(=O)c2ccccc2)c(C)n1C(C)C(=O)NNc1ccccc1. The van der Waals surface area contributed by atoms with E-state index < -0.39 is 6.04 Å². The van der Waals surface area contributed by atoms with Gasteiger partial charge in [0.25, 0.3) is 5.91 Å². The second kappa shape index (κ2) is 7.91. The van der Waals surface area contributed by atoms with Crippen molar-refractivity contribution in [2.75, 3.05) is 5.43 Å². The van der Waals surface area contributed by atoms with Crippen molar-refractivity contribution in [2.45, 2.75) is 26.8 Å². The average Bonchev–Trinajstić information content (AvgIpc) is 3.00. The Morgan fingerprint density at radius 1 is 0.926 bits per heavy atom. The molecule has 0 aliphatic carbocycles. The lowest BCUT2D eigenvalue weighted by atomic mass is 10.0. The quantitative estimate of drug-likeness (QED) is 0.514. The van der Waals surface area contributed by atoms with E-state index >= 15 is 0 Å². The van der Waals surface area contributed by atoms with Crippen LogP contribution >= 0.6 is 0 Å². The van der Waals surface area contributed by atoms with Crippen LogP contribution in [0.5, 0.6) is 0 Å². The number of hydrogen-bond donors (Lipinski definition) is 2. The standard InChI is InChI=1S/C22H23N3O2/c1-15-14-20(21(26)18-10-6-4-7-11-18)16(2)25(15)17(3)22(27)24-23-19-12-8-5-9-13-19/h4-14,17,23H,1-3H3,(H,24,27). The van der Waals surface area contributed by atoms with Crippen molar-refractivity contribution >= 4 is 17.4 Å². The van der Waals surface area contributed by atoms with E-state index in [0.29, 0.717) is 11.1 Å². The van der Waals surface area contributed by atoms with Crippen LogP contribution in [0.4, 0.5) is 5.69 Å². The van der Waals surface area contributed by atoms with Crippen LogP contribution < -0.4 is 10.9 Å². The number of aryl methyl sites for hydroxylation is 1. The molecule has 2 aromatic carbocycles. The third kappa shape index (κ3) is 3.92. The first-order valence-electron chi connectivity index (χ1n) is 8.88. The van der Waals surface area contributed by atoms with E-state index in [2.05, 4.69) is 10.9 Å². The number of carbonyl (C=O) groups is 2. The van der Waals surface area contributed by atoms with E-state index in [9.17, 15) is 9.59 Å². The molecule has 5 nitrogen and oxygen atoms in total. The van der Waals surface area contributed by atoms with Crippen molar-refractivity contribution in [3.8, 4) is 0 Å². The molecule has 5 heteroatoms. The zero-order valence-corrected chi connectivity index (χ0v) is 15.7. The van der Waals surface area contributed by atoms with E-state index in [4.69, 9.17) is 0 Å². The van der Waals surface area contributed by atoms with Crippen LogP contribution in [-0.4, -0.2) is 16.3 Å². The Morgan fingerprint density at radius 3 is 2.15 bits per heavy atom. The number of hydrazine groups is 1. The van der Waals surface area contributed by atoms with Gasteiger partial charge >= 0.3 is 0 Å². The van der Waals surface area contributed by atoms with Gasteiger partial charge < -0.3 is 4.57 Å². The molecular formula is C22H23N3O2. The molecule has 0 saturated carbocycles. The molecule has 2 N–H and O–H groups in total. The molecule has 0 bridgehead atoms. The summed E-state index contributed by atoms with van der Waals surface area (Å²) >= 11 is 0. The van der Waals surface area contributed by atoms with Crippen LogP contribution in [0.3, 0.4) is 0 Å². The van der Waals surface area contributed by atoms with Gasteiger partial charge in [-0.05, 0) is 39.0 Å². The first-order valence-corrected chi connectivity index (χ1v) is 8.88. The van der Waals surface area contributed by atoms with Crippen LogP contribution in [0.2, 0.25) is 0 Å². The number of para-hydroxylation sites is 1. The first kappa shape index (κ1) is 18.5. The summed E-state index contributed by atoms with van der Waals surface area (Å²) in [6, 6.07) is 20.0. The molecule has 1 aromatic heterocycles. The number of anilines is 1. The Hall–Kier alpha value is -3.34. The fourth-order valence-electron chi connectivity index (χ4n) is 3.22. The molecular weight excluding hydrogens is 338 g/mol. The Morgan fingerprint density at radius 2 is 1.52 bits per heavy atom. The zero-order chi connectivity index (χ0) is 19.4. The van der Waals surface area contributed by atoms with Gasteiger partial charge in [0.1, 0.15) is 6.04 Å². The number of carbonyl (C=O) groups excluding carboxylic acids is 2. The molecule has 0 radical (unpaired) electrons. The predicted molar refractivity (Wildman–Crippen MR) is 107 cm³/mol. The van der Waals surface area contributed by atoms with Gasteiger partial charge in [0.2, 0.25) is 0 Å². The molecule has 1 atom stereocenters. The third-order valence-electron chi connectivity index (χ3n) is 4.64. The van der Waals surface area contributed by atoms with Gasteiger partial charge in [-0.25, -0.2) is 0 Å². The molecule has 0 aliphatic rings. The molecule has 3 aromatic rings. The smallest absolute Gasteiger partial charge is 0.261 e. The van der Waals surface area contributed by atoms with Gasteiger partial charge in [0.05, 0.1) is 5.69 Å². The monoisotopic (exact) mass is 361 g/mol. The summed E-state index contributed by atoms with van der Waals surface area (Å²) in [7, 11) is 0. The first-order chi connectivity index (χ1) is 13.0. The van der Waals surface area contributed by atoms with Crippen LogP contribution in [0.15, 0.2) is 66.7 Å². The molecule has 0 aliphatic heterocycles. The number of amides is 1. The lowest BCUT2D eigenvalue weighted by molar-refractivity contribution is -0.123. The van der Waals surface area contributed by atoms with E-state index in [1.54, 1.807) is 12.1 Å². The van der Waals surface area contributed by atoms with Crippen LogP contribution in [0, 0.1) is 13.8 Å². The summed E-state index contributed by atoms with van der Waals surface area (Å²) in [5.74, 6) is -0.218. The summed E-state index contributed by atoms with van der Waals surface area (Å²) in [6.45, 7) is 5.60. The second-order valence-corrected chi connectivity index (χ2v) is 6.51. The Labute approximate surface area is 159 Å². The van der Waals surface area contributed by atoms with Gasteiger partial charge in [0.15, 0.2) is 5.78 Å². The number of aromatic nitrogens is 1. The highest BCUT2D eigenvalue weighted by Crippen LogP contribution is 2.23. The summed E-state index contributed by atoms with van der Waals surface area (Å²) in [5, 5.41) is 0. The fourth-order valence-corrected chi connectivity index (χ4v) is 3.22. The van der Waals surface area contributed by atoms with E-state index in [-0.39, 0.29) is 11.7 Å². The predicted octanol–water partition coefficient (Wildman–Crippen LogP) is 4.04. The topological polar surface area (TPSA) is 63.1 Å². The van der Waals surface area contributed by atoms with E-state index in [0.717, 1.165) is 17.1 Å². The largest absolute Gasteiger partial charge is 0.336 e. The highest BCUT2D eigenvalue weighted by atomic mass is 16.2. The molecule has 0 spiro atoms. The third-order valence-corrected chi connectivity index (χ3v) is 4.64. The lowest BCUT2D eigenvalue weighted by Crippen LogP contribution is -2.35. The molecule has 0 saturated heterocycles. The van der Waals surface area contributed by atoms with Crippen LogP contribution in [0.1, 0.15) is 40.3 Å². The lowest BCUT2D eigenvalue weighted by Gasteiger charge is -2.19. The fraction of sp³-hybridized carbons (Fsp3) is 0.182. The highest BCUT2D eigenvalue weighted by Gasteiger charge is 2.23. The molecule has 27 heavy (non-hydrogen) atoms. The maximum atomic E-state index is 12.8. The summed E-state index contributed by atoms with van der Waals surface area (Å²) < 4.78 is 1.89. The molecule has 1 unspecified atom stereocenters. The molecule has 3 rings (SSSR count). The number of nitrogens with zero attached hydrogens (tertiary/aromatic N) is 1. The minimum absolute atomic E-state index is 0.0371. The van der Waals surface area contributed by atoms with Gasteiger partial charge in [0, 0.05) is 22.5 Å². The summed E-state index contributed by atoms with van der Waals surface area (Å²) in [4.78, 5) is 25.4. The van der Waals surface area contributed by atoms with Crippen LogP contribution in [-0.2, 0) is 4.79 Å². The highest BCUT2D eigenvalue weighted by molar-refractivity contribution is 6.10. The van der Waals surface area contributed by atoms with Gasteiger partial charge in [-0.3, -0.25) is 20.4 Å².